The maximum atomic E-state index is 11.3. The summed E-state index contributed by atoms with van der Waals surface area (Å²) >= 11 is 11.0. The summed E-state index contributed by atoms with van der Waals surface area (Å²) in [4.78, 5) is 21.4. The molecule has 0 atom stereocenters. The normalized spacial score (nSPS) is 10.1. The Labute approximate surface area is 95.9 Å². The number of alkyl halides is 1. The van der Waals surface area contributed by atoms with E-state index in [0.717, 1.165) is 0 Å². The number of hydrogen-bond donors (Lipinski definition) is 0. The van der Waals surface area contributed by atoms with Crippen molar-refractivity contribution in [2.75, 3.05) is 5.88 Å². The molecule has 0 amide bonds. The molecule has 0 saturated heterocycles. The summed E-state index contributed by atoms with van der Waals surface area (Å²) in [5.74, 6) is -0.599. The average Bonchev–Trinajstić information content (AvgIpc) is 2.19. The lowest BCUT2D eigenvalue weighted by atomic mass is 10.0. The van der Waals surface area contributed by atoms with Crippen LogP contribution < -0.4 is 0 Å². The topological polar surface area (TPSA) is 60.2 Å². The maximum Gasteiger partial charge on any atom is 0.274 e. The van der Waals surface area contributed by atoms with E-state index < -0.39 is 4.92 Å². The largest absolute Gasteiger partial charge is 0.293 e. The van der Waals surface area contributed by atoms with Gasteiger partial charge in [0.05, 0.1) is 10.8 Å². The van der Waals surface area contributed by atoms with Crippen molar-refractivity contribution >= 4 is 34.7 Å². The van der Waals surface area contributed by atoms with Gasteiger partial charge in [0.15, 0.2) is 5.78 Å². The first-order valence-corrected chi connectivity index (χ1v) is 4.92. The van der Waals surface area contributed by atoms with E-state index in [9.17, 15) is 14.9 Å². The molecule has 0 bridgehead atoms. The van der Waals surface area contributed by atoms with Crippen molar-refractivity contribution in [3.63, 3.8) is 0 Å². The highest BCUT2D eigenvalue weighted by atomic mass is 35.5. The molecule has 1 aromatic rings. The van der Waals surface area contributed by atoms with E-state index in [0.29, 0.717) is 0 Å². The SMILES string of the molecule is Cc1c(C(=O)CCl)cc(Cl)cc1[N+](=O)[O-]. The van der Waals surface area contributed by atoms with Crippen LogP contribution in [0.15, 0.2) is 12.1 Å². The second-order valence-corrected chi connectivity index (χ2v) is 3.62. The highest BCUT2D eigenvalue weighted by molar-refractivity contribution is 6.33. The molecule has 0 aromatic heterocycles. The predicted molar refractivity (Wildman–Crippen MR) is 57.9 cm³/mol. The maximum absolute atomic E-state index is 11.3. The Balaban J connectivity index is 3.41. The van der Waals surface area contributed by atoms with E-state index in [-0.39, 0.29) is 33.5 Å². The van der Waals surface area contributed by atoms with E-state index in [1.165, 1.54) is 19.1 Å². The second kappa shape index (κ2) is 4.59. The zero-order chi connectivity index (χ0) is 11.6. The molecule has 0 unspecified atom stereocenters. The van der Waals surface area contributed by atoms with Crippen molar-refractivity contribution in [2.45, 2.75) is 6.92 Å². The third-order valence-corrected chi connectivity index (χ3v) is 2.42. The highest BCUT2D eigenvalue weighted by Crippen LogP contribution is 2.26. The van der Waals surface area contributed by atoms with Gasteiger partial charge in [-0.15, -0.1) is 11.6 Å². The quantitative estimate of drug-likeness (QED) is 0.357. The van der Waals surface area contributed by atoms with Crippen molar-refractivity contribution in [2.24, 2.45) is 0 Å². The molecule has 0 fully saturated rings. The summed E-state index contributed by atoms with van der Waals surface area (Å²) in [6.45, 7) is 1.49. The molecule has 4 nitrogen and oxygen atoms in total. The zero-order valence-electron chi connectivity index (χ0n) is 7.79. The van der Waals surface area contributed by atoms with Gasteiger partial charge in [-0.25, -0.2) is 0 Å². The van der Waals surface area contributed by atoms with Crippen LogP contribution in [0.2, 0.25) is 5.02 Å². The molecule has 0 aliphatic carbocycles. The van der Waals surface area contributed by atoms with Crippen LogP contribution in [0, 0.1) is 17.0 Å². The molecule has 0 N–H and O–H groups in total. The molecule has 80 valence electrons. The minimum absolute atomic E-state index is 0.153. The van der Waals surface area contributed by atoms with Crippen LogP contribution in [0.3, 0.4) is 0 Å². The predicted octanol–water partition coefficient (Wildman–Crippen LogP) is 2.98. The molecule has 6 heteroatoms. The molecule has 0 aliphatic rings. The van der Waals surface area contributed by atoms with Gasteiger partial charge < -0.3 is 0 Å². The number of rotatable bonds is 3. The summed E-state index contributed by atoms with van der Waals surface area (Å²) in [5.41, 5.74) is 0.315. The molecule has 0 spiro atoms. The van der Waals surface area contributed by atoms with Gasteiger partial charge in [-0.2, -0.15) is 0 Å². The Bertz CT molecular complexity index is 432. The lowest BCUT2D eigenvalue weighted by Crippen LogP contribution is -2.05. The number of ketones is 1. The molecule has 0 heterocycles. The van der Waals surface area contributed by atoms with Crippen LogP contribution in [-0.2, 0) is 0 Å². The molecule has 1 aromatic carbocycles. The summed E-state index contributed by atoms with van der Waals surface area (Å²) < 4.78 is 0. The van der Waals surface area contributed by atoms with Crippen LogP contribution in [0.25, 0.3) is 0 Å². The molecular formula is C9H7Cl2NO3. The summed E-state index contributed by atoms with van der Waals surface area (Å²) in [7, 11) is 0. The third kappa shape index (κ3) is 2.46. The Hall–Kier alpha value is -1.13. The number of carbonyl (C=O) groups is 1. The molecule has 1 rings (SSSR count). The summed E-state index contributed by atoms with van der Waals surface area (Å²) in [6.07, 6.45) is 0. The number of nitro benzene ring substituents is 1. The van der Waals surface area contributed by atoms with Gasteiger partial charge >= 0.3 is 0 Å². The van der Waals surface area contributed by atoms with Crippen LogP contribution >= 0.6 is 23.2 Å². The fourth-order valence-electron chi connectivity index (χ4n) is 1.22. The van der Waals surface area contributed by atoms with Crippen LogP contribution in [-0.4, -0.2) is 16.6 Å². The highest BCUT2D eigenvalue weighted by Gasteiger charge is 2.19. The minimum atomic E-state index is -0.577. The van der Waals surface area contributed by atoms with E-state index in [2.05, 4.69) is 0 Å². The van der Waals surface area contributed by atoms with E-state index >= 15 is 0 Å². The van der Waals surface area contributed by atoms with Crippen LogP contribution in [0.1, 0.15) is 15.9 Å². The van der Waals surface area contributed by atoms with E-state index in [1.807, 2.05) is 0 Å². The molecular weight excluding hydrogens is 241 g/mol. The van der Waals surface area contributed by atoms with Crippen molar-refractivity contribution in [3.05, 3.63) is 38.4 Å². The molecule has 0 aliphatic heterocycles. The summed E-state index contributed by atoms with van der Waals surface area (Å²) in [5, 5.41) is 10.8. The first-order chi connectivity index (χ1) is 6.97. The first kappa shape index (κ1) is 11.9. The van der Waals surface area contributed by atoms with Crippen molar-refractivity contribution in [1.29, 1.82) is 0 Å². The number of nitrogens with zero attached hydrogens (tertiary/aromatic N) is 1. The van der Waals surface area contributed by atoms with Gasteiger partial charge in [-0.05, 0) is 13.0 Å². The van der Waals surface area contributed by atoms with Crippen molar-refractivity contribution in [3.8, 4) is 0 Å². The van der Waals surface area contributed by atoms with Gasteiger partial charge in [0, 0.05) is 22.2 Å². The molecule has 0 radical (unpaired) electrons. The van der Waals surface area contributed by atoms with Crippen molar-refractivity contribution in [1.82, 2.24) is 0 Å². The number of hydrogen-bond acceptors (Lipinski definition) is 3. The monoisotopic (exact) mass is 247 g/mol. The van der Waals surface area contributed by atoms with Gasteiger partial charge in [-0.3, -0.25) is 14.9 Å². The minimum Gasteiger partial charge on any atom is -0.293 e. The van der Waals surface area contributed by atoms with Gasteiger partial charge in [-0.1, -0.05) is 11.6 Å². The lowest BCUT2D eigenvalue weighted by Gasteiger charge is -2.04. The summed E-state index contributed by atoms with van der Waals surface area (Å²) in [6, 6.07) is 2.59. The average molecular weight is 248 g/mol. The van der Waals surface area contributed by atoms with Crippen LogP contribution in [0.4, 0.5) is 5.69 Å². The number of Topliss-reactive ketones (excluding diaryl/α,β-unsaturated/α-hetero) is 1. The fraction of sp³-hybridized carbons (Fsp3) is 0.222. The Kier molecular flexibility index (Phi) is 3.66. The van der Waals surface area contributed by atoms with Crippen molar-refractivity contribution < 1.29 is 9.72 Å². The van der Waals surface area contributed by atoms with Gasteiger partial charge in [0.1, 0.15) is 0 Å². The number of halogens is 2. The van der Waals surface area contributed by atoms with Crippen LogP contribution in [0.5, 0.6) is 0 Å². The molecule has 15 heavy (non-hydrogen) atoms. The Morgan fingerprint density at radius 3 is 2.60 bits per heavy atom. The molecule has 0 saturated carbocycles. The third-order valence-electron chi connectivity index (χ3n) is 1.96. The lowest BCUT2D eigenvalue weighted by molar-refractivity contribution is -0.385. The standard InChI is InChI=1S/C9H7Cl2NO3/c1-5-7(9(13)4-10)2-6(11)3-8(5)12(14)15/h2-3H,4H2,1H3. The number of benzene rings is 1. The Morgan fingerprint density at radius 2 is 2.13 bits per heavy atom. The zero-order valence-corrected chi connectivity index (χ0v) is 9.30. The number of carbonyl (C=O) groups excluding carboxylic acids is 1. The van der Waals surface area contributed by atoms with Gasteiger partial charge in [0.25, 0.3) is 5.69 Å². The smallest absolute Gasteiger partial charge is 0.274 e. The van der Waals surface area contributed by atoms with E-state index in [4.69, 9.17) is 23.2 Å². The van der Waals surface area contributed by atoms with Gasteiger partial charge in [0.2, 0.25) is 0 Å². The fourth-order valence-corrected chi connectivity index (χ4v) is 1.57. The Morgan fingerprint density at radius 1 is 1.53 bits per heavy atom. The number of nitro groups is 1. The second-order valence-electron chi connectivity index (χ2n) is 2.91. The first-order valence-electron chi connectivity index (χ1n) is 4.01. The van der Waals surface area contributed by atoms with E-state index in [1.54, 1.807) is 0 Å².